The van der Waals surface area contributed by atoms with E-state index in [9.17, 15) is 5.11 Å². The molecule has 0 bridgehead atoms. The van der Waals surface area contributed by atoms with Crippen LogP contribution in [0.5, 0.6) is 5.75 Å². The van der Waals surface area contributed by atoms with Gasteiger partial charge in [0.05, 0.1) is 12.7 Å². The molecule has 1 rings (SSSR count). The quantitative estimate of drug-likeness (QED) is 0.845. The Hall–Kier alpha value is -1.02. The molecule has 0 aliphatic heterocycles. The maximum atomic E-state index is 9.74. The molecule has 90 valence electrons. The minimum Gasteiger partial charge on any atom is -0.493 e. The minimum atomic E-state index is -0.418. The normalized spacial score (nSPS) is 12.6. The molecule has 0 saturated carbocycles. The van der Waals surface area contributed by atoms with E-state index in [1.807, 2.05) is 26.8 Å². The molecule has 0 aromatic heterocycles. The van der Waals surface area contributed by atoms with Gasteiger partial charge in [0.2, 0.25) is 0 Å². The summed E-state index contributed by atoms with van der Waals surface area (Å²) in [6.45, 7) is 10.8. The summed E-state index contributed by atoms with van der Waals surface area (Å²) >= 11 is 0. The first kappa shape index (κ1) is 13.0. The summed E-state index contributed by atoms with van der Waals surface area (Å²) in [4.78, 5) is 0. The van der Waals surface area contributed by atoms with Crippen molar-refractivity contribution in [3.05, 3.63) is 28.3 Å². The average Bonchev–Trinajstić information content (AvgIpc) is 2.21. The van der Waals surface area contributed by atoms with E-state index in [2.05, 4.69) is 6.92 Å². The van der Waals surface area contributed by atoms with Crippen molar-refractivity contribution >= 4 is 0 Å². The zero-order valence-corrected chi connectivity index (χ0v) is 10.9. The van der Waals surface area contributed by atoms with E-state index in [0.717, 1.165) is 41.0 Å². The predicted octanol–water partition coefficient (Wildman–Crippen LogP) is 3.45. The number of aliphatic hydroxyl groups is 1. The standard InChI is InChI=1S/C14H22O2/c1-6-7-16-13-8-9(2)14(12(5)15)11(4)10(13)3/h8,12,15H,6-7H2,1-5H3. The van der Waals surface area contributed by atoms with Crippen LogP contribution >= 0.6 is 0 Å². The molecule has 0 saturated heterocycles. The van der Waals surface area contributed by atoms with Gasteiger partial charge in [0.15, 0.2) is 0 Å². The summed E-state index contributed by atoms with van der Waals surface area (Å²) in [5.74, 6) is 0.946. The molecular formula is C14H22O2. The molecule has 2 nitrogen and oxygen atoms in total. The first-order valence-corrected chi connectivity index (χ1v) is 5.90. The number of hydrogen-bond acceptors (Lipinski definition) is 2. The number of ether oxygens (including phenoxy) is 1. The van der Waals surface area contributed by atoms with Gasteiger partial charge in [-0.3, -0.25) is 0 Å². The second-order valence-electron chi connectivity index (χ2n) is 4.38. The molecule has 1 unspecified atom stereocenters. The van der Waals surface area contributed by atoms with E-state index in [1.165, 1.54) is 0 Å². The maximum Gasteiger partial charge on any atom is 0.122 e. The third-order valence-corrected chi connectivity index (χ3v) is 2.99. The van der Waals surface area contributed by atoms with Crippen LogP contribution < -0.4 is 4.74 Å². The zero-order valence-electron chi connectivity index (χ0n) is 10.9. The highest BCUT2D eigenvalue weighted by Gasteiger charge is 2.14. The molecule has 0 amide bonds. The molecule has 2 heteroatoms. The number of aryl methyl sites for hydroxylation is 1. The molecule has 0 fully saturated rings. The lowest BCUT2D eigenvalue weighted by Crippen LogP contribution is -2.04. The Morgan fingerprint density at radius 2 is 1.88 bits per heavy atom. The fraction of sp³-hybridized carbons (Fsp3) is 0.571. The van der Waals surface area contributed by atoms with Crippen LogP contribution in [0.2, 0.25) is 0 Å². The first-order chi connectivity index (χ1) is 7.49. The lowest BCUT2D eigenvalue weighted by molar-refractivity contribution is 0.197. The molecule has 1 N–H and O–H groups in total. The summed E-state index contributed by atoms with van der Waals surface area (Å²) in [7, 11) is 0. The molecule has 0 aliphatic carbocycles. The predicted molar refractivity (Wildman–Crippen MR) is 67.1 cm³/mol. The fourth-order valence-corrected chi connectivity index (χ4v) is 2.07. The highest BCUT2D eigenvalue weighted by Crippen LogP contribution is 2.31. The van der Waals surface area contributed by atoms with Crippen molar-refractivity contribution in [1.29, 1.82) is 0 Å². The lowest BCUT2D eigenvalue weighted by Gasteiger charge is -2.18. The van der Waals surface area contributed by atoms with Crippen LogP contribution in [-0.2, 0) is 0 Å². The Labute approximate surface area is 98.3 Å². The van der Waals surface area contributed by atoms with Crippen molar-refractivity contribution in [2.75, 3.05) is 6.61 Å². The van der Waals surface area contributed by atoms with E-state index in [0.29, 0.717) is 0 Å². The van der Waals surface area contributed by atoms with E-state index < -0.39 is 6.10 Å². The third-order valence-electron chi connectivity index (χ3n) is 2.99. The first-order valence-electron chi connectivity index (χ1n) is 5.90. The van der Waals surface area contributed by atoms with Crippen LogP contribution in [0, 0.1) is 20.8 Å². The summed E-state index contributed by atoms with van der Waals surface area (Å²) in [6.07, 6.45) is 0.592. The molecular weight excluding hydrogens is 200 g/mol. The smallest absolute Gasteiger partial charge is 0.122 e. The molecule has 1 aromatic carbocycles. The molecule has 0 heterocycles. The van der Waals surface area contributed by atoms with Gasteiger partial charge in [0, 0.05) is 0 Å². The van der Waals surface area contributed by atoms with Crippen LogP contribution in [0.3, 0.4) is 0 Å². The topological polar surface area (TPSA) is 29.5 Å². The fourth-order valence-electron chi connectivity index (χ4n) is 2.07. The van der Waals surface area contributed by atoms with Crippen molar-refractivity contribution in [3.63, 3.8) is 0 Å². The molecule has 1 aromatic rings. The van der Waals surface area contributed by atoms with Crippen molar-refractivity contribution in [2.45, 2.75) is 47.1 Å². The van der Waals surface area contributed by atoms with Crippen LogP contribution in [0.15, 0.2) is 6.07 Å². The van der Waals surface area contributed by atoms with Gasteiger partial charge >= 0.3 is 0 Å². The SMILES string of the molecule is CCCOc1cc(C)c(C(C)O)c(C)c1C. The highest BCUT2D eigenvalue weighted by molar-refractivity contribution is 5.48. The lowest BCUT2D eigenvalue weighted by atomic mass is 9.94. The number of hydrogen-bond donors (Lipinski definition) is 1. The Bertz CT molecular complexity index is 367. The molecule has 0 radical (unpaired) electrons. The van der Waals surface area contributed by atoms with Crippen LogP contribution in [0.4, 0.5) is 0 Å². The highest BCUT2D eigenvalue weighted by atomic mass is 16.5. The second kappa shape index (κ2) is 5.35. The zero-order chi connectivity index (χ0) is 12.3. The van der Waals surface area contributed by atoms with Gasteiger partial charge in [0.1, 0.15) is 5.75 Å². The van der Waals surface area contributed by atoms with E-state index in [-0.39, 0.29) is 0 Å². The molecule has 0 aliphatic rings. The minimum absolute atomic E-state index is 0.418. The Morgan fingerprint density at radius 1 is 1.25 bits per heavy atom. The van der Waals surface area contributed by atoms with Crippen LogP contribution in [-0.4, -0.2) is 11.7 Å². The Kier molecular flexibility index (Phi) is 4.36. The van der Waals surface area contributed by atoms with E-state index >= 15 is 0 Å². The largest absolute Gasteiger partial charge is 0.493 e. The van der Waals surface area contributed by atoms with E-state index in [4.69, 9.17) is 4.74 Å². The van der Waals surface area contributed by atoms with Crippen LogP contribution in [0.25, 0.3) is 0 Å². The second-order valence-corrected chi connectivity index (χ2v) is 4.38. The van der Waals surface area contributed by atoms with Gasteiger partial charge in [-0.05, 0) is 62.4 Å². The van der Waals surface area contributed by atoms with Crippen molar-refractivity contribution < 1.29 is 9.84 Å². The van der Waals surface area contributed by atoms with Gasteiger partial charge in [0.25, 0.3) is 0 Å². The van der Waals surface area contributed by atoms with Crippen molar-refractivity contribution in [1.82, 2.24) is 0 Å². The molecule has 16 heavy (non-hydrogen) atoms. The number of benzene rings is 1. The van der Waals surface area contributed by atoms with Crippen molar-refractivity contribution in [2.24, 2.45) is 0 Å². The third kappa shape index (κ3) is 2.56. The molecule has 1 atom stereocenters. The molecule has 0 spiro atoms. The van der Waals surface area contributed by atoms with Crippen molar-refractivity contribution in [3.8, 4) is 5.75 Å². The van der Waals surface area contributed by atoms with Gasteiger partial charge in [-0.1, -0.05) is 6.92 Å². The number of rotatable bonds is 4. The van der Waals surface area contributed by atoms with Gasteiger partial charge in [-0.25, -0.2) is 0 Å². The summed E-state index contributed by atoms with van der Waals surface area (Å²) in [5, 5.41) is 9.74. The van der Waals surface area contributed by atoms with E-state index in [1.54, 1.807) is 6.92 Å². The van der Waals surface area contributed by atoms with Gasteiger partial charge in [-0.2, -0.15) is 0 Å². The van der Waals surface area contributed by atoms with Crippen LogP contribution in [0.1, 0.15) is 48.6 Å². The Balaban J connectivity index is 3.17. The number of aliphatic hydroxyl groups excluding tert-OH is 1. The summed E-state index contributed by atoms with van der Waals surface area (Å²) in [5.41, 5.74) is 4.40. The summed E-state index contributed by atoms with van der Waals surface area (Å²) in [6, 6.07) is 2.03. The maximum absolute atomic E-state index is 9.74. The monoisotopic (exact) mass is 222 g/mol. The average molecular weight is 222 g/mol. The Morgan fingerprint density at radius 3 is 2.38 bits per heavy atom. The van der Waals surface area contributed by atoms with Gasteiger partial charge in [-0.15, -0.1) is 0 Å². The van der Waals surface area contributed by atoms with Gasteiger partial charge < -0.3 is 9.84 Å². The summed E-state index contributed by atoms with van der Waals surface area (Å²) < 4.78 is 5.70.